The van der Waals surface area contributed by atoms with Crippen LogP contribution < -0.4 is 11.3 Å². The fourth-order valence-corrected chi connectivity index (χ4v) is 2.21. The van der Waals surface area contributed by atoms with Gasteiger partial charge >= 0.3 is 0 Å². The van der Waals surface area contributed by atoms with Gasteiger partial charge < -0.3 is 10.4 Å². The lowest BCUT2D eigenvalue weighted by molar-refractivity contribution is 0.933. The standard InChI is InChI=1S/C9H12N6S/c1-2-6-7(15-10)13-5-14-8(6)16-9-11-3-4-12-9/h3-5H,2,10H2,1H3,(H,11,12)(H,13,14,15). The maximum Gasteiger partial charge on any atom is 0.171 e. The van der Waals surface area contributed by atoms with Gasteiger partial charge in [0.1, 0.15) is 17.2 Å². The molecule has 0 spiro atoms. The van der Waals surface area contributed by atoms with Gasteiger partial charge in [0, 0.05) is 18.0 Å². The highest BCUT2D eigenvalue weighted by Gasteiger charge is 2.11. The van der Waals surface area contributed by atoms with Gasteiger partial charge in [0.05, 0.1) is 0 Å². The molecule has 0 saturated heterocycles. The largest absolute Gasteiger partial charge is 0.339 e. The van der Waals surface area contributed by atoms with Crippen LogP contribution in [0.25, 0.3) is 0 Å². The fourth-order valence-electron chi connectivity index (χ4n) is 1.33. The topological polar surface area (TPSA) is 92.5 Å². The molecule has 0 aliphatic heterocycles. The molecular formula is C9H12N6S. The van der Waals surface area contributed by atoms with Crippen LogP contribution in [0.4, 0.5) is 5.82 Å². The number of rotatable bonds is 4. The number of anilines is 1. The molecule has 84 valence electrons. The summed E-state index contributed by atoms with van der Waals surface area (Å²) in [5, 5.41) is 1.66. The first kappa shape index (κ1) is 10.9. The van der Waals surface area contributed by atoms with Gasteiger partial charge in [0.2, 0.25) is 0 Å². The molecule has 0 radical (unpaired) electrons. The number of nitrogens with one attached hydrogen (secondary N) is 2. The molecule has 2 aromatic rings. The average molecular weight is 236 g/mol. The number of imidazole rings is 1. The van der Waals surface area contributed by atoms with Crippen molar-refractivity contribution in [2.24, 2.45) is 5.84 Å². The smallest absolute Gasteiger partial charge is 0.171 e. The first-order valence-corrected chi connectivity index (χ1v) is 5.64. The third-order valence-corrected chi connectivity index (χ3v) is 3.02. The van der Waals surface area contributed by atoms with Gasteiger partial charge in [-0.25, -0.2) is 20.8 Å². The number of hydrazine groups is 1. The van der Waals surface area contributed by atoms with Crippen molar-refractivity contribution < 1.29 is 0 Å². The van der Waals surface area contributed by atoms with E-state index >= 15 is 0 Å². The lowest BCUT2D eigenvalue weighted by Crippen LogP contribution is -2.12. The molecule has 0 aliphatic rings. The van der Waals surface area contributed by atoms with E-state index in [0.717, 1.165) is 22.2 Å². The van der Waals surface area contributed by atoms with Crippen LogP contribution in [0.5, 0.6) is 0 Å². The molecular weight excluding hydrogens is 224 g/mol. The van der Waals surface area contributed by atoms with E-state index < -0.39 is 0 Å². The quantitative estimate of drug-likeness (QED) is 0.419. The predicted octanol–water partition coefficient (Wildman–Crippen LogP) is 1.20. The van der Waals surface area contributed by atoms with Crippen molar-refractivity contribution in [3.05, 3.63) is 24.3 Å². The number of hydrogen-bond acceptors (Lipinski definition) is 6. The first-order chi connectivity index (χ1) is 7.85. The Kier molecular flexibility index (Phi) is 3.37. The maximum absolute atomic E-state index is 5.40. The Morgan fingerprint density at radius 3 is 2.94 bits per heavy atom. The molecule has 0 amide bonds. The second-order valence-electron chi connectivity index (χ2n) is 3.00. The lowest BCUT2D eigenvalue weighted by atomic mass is 10.2. The van der Waals surface area contributed by atoms with Crippen LogP contribution in [-0.4, -0.2) is 19.9 Å². The highest BCUT2D eigenvalue weighted by molar-refractivity contribution is 7.99. The maximum atomic E-state index is 5.40. The molecule has 0 fully saturated rings. The van der Waals surface area contributed by atoms with Crippen LogP contribution in [0.1, 0.15) is 12.5 Å². The molecule has 0 atom stereocenters. The fraction of sp³-hybridized carbons (Fsp3) is 0.222. The molecule has 16 heavy (non-hydrogen) atoms. The SMILES string of the molecule is CCc1c(NN)ncnc1Sc1ncc[nH]1. The van der Waals surface area contributed by atoms with Gasteiger partial charge in [-0.3, -0.25) is 0 Å². The van der Waals surface area contributed by atoms with Gasteiger partial charge in [-0.15, -0.1) is 0 Å². The Morgan fingerprint density at radius 2 is 2.31 bits per heavy atom. The molecule has 0 saturated carbocycles. The van der Waals surface area contributed by atoms with E-state index in [2.05, 4.69) is 25.4 Å². The van der Waals surface area contributed by atoms with Crippen molar-refractivity contribution in [2.45, 2.75) is 23.5 Å². The van der Waals surface area contributed by atoms with Gasteiger partial charge in [-0.2, -0.15) is 0 Å². The summed E-state index contributed by atoms with van der Waals surface area (Å²) in [5.74, 6) is 6.05. The monoisotopic (exact) mass is 236 g/mol. The molecule has 0 aromatic carbocycles. The van der Waals surface area contributed by atoms with Crippen LogP contribution in [0.2, 0.25) is 0 Å². The van der Waals surface area contributed by atoms with Gasteiger partial charge in [-0.05, 0) is 18.2 Å². The van der Waals surface area contributed by atoms with Gasteiger partial charge in [-0.1, -0.05) is 6.92 Å². The van der Waals surface area contributed by atoms with Gasteiger partial charge in [0.25, 0.3) is 0 Å². The minimum atomic E-state index is 0.659. The third kappa shape index (κ3) is 2.15. The summed E-state index contributed by atoms with van der Waals surface area (Å²) in [6, 6.07) is 0. The zero-order chi connectivity index (χ0) is 11.4. The molecule has 7 heteroatoms. The van der Waals surface area contributed by atoms with Crippen LogP contribution in [0.3, 0.4) is 0 Å². The van der Waals surface area contributed by atoms with E-state index in [1.54, 1.807) is 12.4 Å². The molecule has 2 aromatic heterocycles. The summed E-state index contributed by atoms with van der Waals surface area (Å²) in [6.07, 6.45) is 5.78. The Bertz CT molecular complexity index is 455. The number of hydrogen-bond donors (Lipinski definition) is 3. The van der Waals surface area contributed by atoms with E-state index in [9.17, 15) is 0 Å². The highest BCUT2D eigenvalue weighted by atomic mass is 32.2. The summed E-state index contributed by atoms with van der Waals surface area (Å²) in [5.41, 5.74) is 3.56. The van der Waals surface area contributed by atoms with E-state index in [4.69, 9.17) is 5.84 Å². The number of aromatic amines is 1. The Balaban J connectivity index is 2.33. The summed E-state index contributed by atoms with van der Waals surface area (Å²) in [7, 11) is 0. The first-order valence-electron chi connectivity index (χ1n) is 4.83. The van der Waals surface area contributed by atoms with Crippen molar-refractivity contribution in [2.75, 3.05) is 5.43 Å². The van der Waals surface area contributed by atoms with Crippen LogP contribution in [0, 0.1) is 0 Å². The summed E-state index contributed by atoms with van der Waals surface area (Å²) < 4.78 is 0. The summed E-state index contributed by atoms with van der Waals surface area (Å²) in [6.45, 7) is 2.03. The Hall–Kier alpha value is -1.60. The van der Waals surface area contributed by atoms with Crippen LogP contribution in [-0.2, 0) is 6.42 Å². The number of nitrogens with zero attached hydrogens (tertiary/aromatic N) is 3. The number of aromatic nitrogens is 4. The minimum Gasteiger partial charge on any atom is -0.339 e. The molecule has 6 nitrogen and oxygen atoms in total. The van der Waals surface area contributed by atoms with E-state index in [-0.39, 0.29) is 0 Å². The van der Waals surface area contributed by atoms with Crippen LogP contribution in [0.15, 0.2) is 28.9 Å². The second-order valence-corrected chi connectivity index (χ2v) is 3.98. The van der Waals surface area contributed by atoms with Crippen molar-refractivity contribution in [1.82, 2.24) is 19.9 Å². The zero-order valence-electron chi connectivity index (χ0n) is 8.77. The molecule has 2 rings (SSSR count). The molecule has 0 bridgehead atoms. The molecule has 0 unspecified atom stereocenters. The molecule has 0 aliphatic carbocycles. The zero-order valence-corrected chi connectivity index (χ0v) is 9.58. The summed E-state index contributed by atoms with van der Waals surface area (Å²) >= 11 is 1.46. The predicted molar refractivity (Wildman–Crippen MR) is 61.9 cm³/mol. The van der Waals surface area contributed by atoms with Crippen molar-refractivity contribution in [1.29, 1.82) is 0 Å². The molecule has 2 heterocycles. The Morgan fingerprint density at radius 1 is 1.44 bits per heavy atom. The van der Waals surface area contributed by atoms with Gasteiger partial charge in [0.15, 0.2) is 5.16 Å². The Labute approximate surface area is 97.1 Å². The third-order valence-electron chi connectivity index (χ3n) is 2.06. The average Bonchev–Trinajstić information content (AvgIpc) is 2.81. The summed E-state index contributed by atoms with van der Waals surface area (Å²) in [4.78, 5) is 15.4. The second kappa shape index (κ2) is 4.95. The lowest BCUT2D eigenvalue weighted by Gasteiger charge is -2.08. The van der Waals surface area contributed by atoms with E-state index in [1.807, 2.05) is 6.92 Å². The number of nitrogens with two attached hydrogens (primary N) is 1. The van der Waals surface area contributed by atoms with E-state index in [0.29, 0.717) is 5.82 Å². The van der Waals surface area contributed by atoms with Crippen molar-refractivity contribution in [3.8, 4) is 0 Å². The van der Waals surface area contributed by atoms with Crippen LogP contribution >= 0.6 is 11.8 Å². The molecule has 4 N–H and O–H groups in total. The number of H-pyrrole nitrogens is 1. The normalized spacial score (nSPS) is 10.4. The van der Waals surface area contributed by atoms with Crippen molar-refractivity contribution >= 4 is 17.6 Å². The van der Waals surface area contributed by atoms with Crippen molar-refractivity contribution in [3.63, 3.8) is 0 Å². The van der Waals surface area contributed by atoms with E-state index in [1.165, 1.54) is 18.1 Å². The minimum absolute atomic E-state index is 0.659. The highest BCUT2D eigenvalue weighted by Crippen LogP contribution is 2.28. The number of nitrogen functional groups attached to an aromatic ring is 1.